The van der Waals surface area contributed by atoms with Gasteiger partial charge < -0.3 is 10.3 Å². The molecule has 19 heavy (non-hydrogen) atoms. The lowest BCUT2D eigenvalue weighted by Crippen LogP contribution is -2.24. The zero-order valence-electron chi connectivity index (χ0n) is 10.7. The molecule has 3 rings (SSSR count). The molecule has 1 aliphatic carbocycles. The summed E-state index contributed by atoms with van der Waals surface area (Å²) in [5, 5.41) is 4.91. The summed E-state index contributed by atoms with van der Waals surface area (Å²) in [4.78, 5) is 20.8. The second-order valence-corrected chi connectivity index (χ2v) is 5.88. The van der Waals surface area contributed by atoms with Gasteiger partial charge in [0.25, 0.3) is 0 Å². The quantitative estimate of drug-likeness (QED) is 0.899. The van der Waals surface area contributed by atoms with Crippen LogP contribution >= 0.6 is 11.3 Å². The minimum atomic E-state index is 0.0526. The van der Waals surface area contributed by atoms with Crippen LogP contribution in [0.5, 0.6) is 0 Å². The van der Waals surface area contributed by atoms with Crippen molar-refractivity contribution in [2.75, 3.05) is 0 Å². The number of H-pyrrole nitrogens is 1. The molecule has 2 N–H and O–H groups in total. The van der Waals surface area contributed by atoms with Crippen molar-refractivity contribution >= 4 is 17.2 Å². The number of rotatable bonds is 4. The van der Waals surface area contributed by atoms with Crippen LogP contribution in [0.1, 0.15) is 34.9 Å². The number of carbonyl (C=O) groups is 1. The number of nitrogens with one attached hydrogen (secondary N) is 2. The maximum Gasteiger partial charge on any atom is 0.225 e. The summed E-state index contributed by atoms with van der Waals surface area (Å²) in [7, 11) is 0. The first-order valence-corrected chi connectivity index (χ1v) is 7.55. The Morgan fingerprint density at radius 3 is 3.11 bits per heavy atom. The van der Waals surface area contributed by atoms with Crippen molar-refractivity contribution in [2.45, 2.75) is 38.6 Å². The van der Waals surface area contributed by atoms with Crippen LogP contribution in [0.25, 0.3) is 0 Å². The average molecular weight is 275 g/mol. The zero-order valence-corrected chi connectivity index (χ0v) is 11.6. The van der Waals surface area contributed by atoms with E-state index in [2.05, 4.69) is 15.3 Å². The van der Waals surface area contributed by atoms with Gasteiger partial charge in [0.15, 0.2) is 0 Å². The van der Waals surface area contributed by atoms with Crippen molar-refractivity contribution in [3.05, 3.63) is 39.6 Å². The van der Waals surface area contributed by atoms with Gasteiger partial charge in [-0.25, -0.2) is 4.98 Å². The Morgan fingerprint density at radius 2 is 2.32 bits per heavy atom. The summed E-state index contributed by atoms with van der Waals surface area (Å²) in [5.74, 6) is 0.934. The first-order valence-electron chi connectivity index (χ1n) is 6.67. The highest BCUT2D eigenvalue weighted by molar-refractivity contribution is 7.10. The molecule has 0 saturated heterocycles. The van der Waals surface area contributed by atoms with E-state index in [1.165, 1.54) is 24.2 Å². The smallest absolute Gasteiger partial charge is 0.225 e. The predicted octanol–water partition coefficient (Wildman–Crippen LogP) is 2.21. The first kappa shape index (κ1) is 12.4. The van der Waals surface area contributed by atoms with Gasteiger partial charge in [0, 0.05) is 10.6 Å². The Kier molecular flexibility index (Phi) is 3.64. The van der Waals surface area contributed by atoms with Crippen molar-refractivity contribution in [1.29, 1.82) is 0 Å². The maximum atomic E-state index is 11.8. The van der Waals surface area contributed by atoms with Gasteiger partial charge in [0.1, 0.15) is 5.82 Å². The highest BCUT2D eigenvalue weighted by Crippen LogP contribution is 2.18. The molecule has 2 aromatic rings. The minimum absolute atomic E-state index is 0.0526. The Morgan fingerprint density at radius 1 is 1.42 bits per heavy atom. The second-order valence-electron chi connectivity index (χ2n) is 4.85. The summed E-state index contributed by atoms with van der Waals surface area (Å²) < 4.78 is 0. The lowest BCUT2D eigenvalue weighted by atomic mass is 10.0. The summed E-state index contributed by atoms with van der Waals surface area (Å²) in [6.45, 7) is 0.497. The molecule has 5 heteroatoms. The molecule has 0 bridgehead atoms. The van der Waals surface area contributed by atoms with E-state index in [0.717, 1.165) is 23.5 Å². The number of aromatic nitrogens is 2. The van der Waals surface area contributed by atoms with Crippen molar-refractivity contribution < 1.29 is 4.79 Å². The van der Waals surface area contributed by atoms with Gasteiger partial charge in [-0.2, -0.15) is 0 Å². The van der Waals surface area contributed by atoms with E-state index in [9.17, 15) is 4.79 Å². The molecule has 4 nitrogen and oxygen atoms in total. The summed E-state index contributed by atoms with van der Waals surface area (Å²) in [6, 6.07) is 3.95. The first-order chi connectivity index (χ1) is 9.31. The third-order valence-corrected chi connectivity index (χ3v) is 4.25. The van der Waals surface area contributed by atoms with E-state index in [1.807, 2.05) is 17.5 Å². The predicted molar refractivity (Wildman–Crippen MR) is 75.1 cm³/mol. The van der Waals surface area contributed by atoms with Crippen LogP contribution in [0.2, 0.25) is 0 Å². The van der Waals surface area contributed by atoms with Crippen LogP contribution in [0.3, 0.4) is 0 Å². The standard InChI is InChI=1S/C14H17N3OS/c18-14(8-10-4-3-7-19-10)15-9-13-16-11-5-1-2-6-12(11)17-13/h3-4,7H,1-2,5-6,8-9H2,(H,15,18)(H,16,17). The molecule has 0 unspecified atom stereocenters. The van der Waals surface area contributed by atoms with Gasteiger partial charge in [-0.3, -0.25) is 4.79 Å². The number of thiophene rings is 1. The molecular weight excluding hydrogens is 258 g/mol. The van der Waals surface area contributed by atoms with Crippen LogP contribution in [-0.4, -0.2) is 15.9 Å². The van der Waals surface area contributed by atoms with Crippen molar-refractivity contribution in [1.82, 2.24) is 15.3 Å². The van der Waals surface area contributed by atoms with Crippen LogP contribution < -0.4 is 5.32 Å². The average Bonchev–Trinajstić information content (AvgIpc) is 3.04. The number of aryl methyl sites for hydroxylation is 2. The van der Waals surface area contributed by atoms with Crippen LogP contribution in [-0.2, 0) is 30.6 Å². The maximum absolute atomic E-state index is 11.8. The number of aromatic amines is 1. The van der Waals surface area contributed by atoms with E-state index >= 15 is 0 Å². The Labute approximate surface area is 116 Å². The zero-order chi connectivity index (χ0) is 13.1. The topological polar surface area (TPSA) is 57.8 Å². The molecule has 0 atom stereocenters. The van der Waals surface area contributed by atoms with Crippen molar-refractivity contribution in [3.63, 3.8) is 0 Å². The van der Waals surface area contributed by atoms with E-state index in [-0.39, 0.29) is 5.91 Å². The van der Waals surface area contributed by atoms with Gasteiger partial charge in [-0.05, 0) is 37.1 Å². The molecule has 0 spiro atoms. The SMILES string of the molecule is O=C(Cc1cccs1)NCc1nc2c([nH]1)CCCC2. The number of imidazole rings is 1. The van der Waals surface area contributed by atoms with Crippen molar-refractivity contribution in [3.8, 4) is 0 Å². The number of amides is 1. The van der Waals surface area contributed by atoms with E-state index in [1.54, 1.807) is 11.3 Å². The summed E-state index contributed by atoms with van der Waals surface area (Å²) in [5.41, 5.74) is 2.45. The molecule has 0 saturated carbocycles. The fourth-order valence-electron chi connectivity index (χ4n) is 2.41. The number of hydrogen-bond acceptors (Lipinski definition) is 3. The summed E-state index contributed by atoms with van der Waals surface area (Å²) >= 11 is 1.61. The van der Waals surface area contributed by atoms with Crippen LogP contribution in [0, 0.1) is 0 Å². The van der Waals surface area contributed by atoms with Gasteiger partial charge in [0.2, 0.25) is 5.91 Å². The highest BCUT2D eigenvalue weighted by atomic mass is 32.1. The third kappa shape index (κ3) is 3.04. The summed E-state index contributed by atoms with van der Waals surface area (Å²) in [6.07, 6.45) is 5.07. The Hall–Kier alpha value is -1.62. The Bertz CT molecular complexity index is 536. The van der Waals surface area contributed by atoms with Gasteiger partial charge in [-0.1, -0.05) is 6.07 Å². The number of fused-ring (bicyclic) bond motifs is 1. The molecule has 100 valence electrons. The van der Waals surface area contributed by atoms with Gasteiger partial charge >= 0.3 is 0 Å². The molecule has 1 aliphatic rings. The fourth-order valence-corrected chi connectivity index (χ4v) is 3.12. The van der Waals surface area contributed by atoms with E-state index < -0.39 is 0 Å². The largest absolute Gasteiger partial charge is 0.349 e. The lowest BCUT2D eigenvalue weighted by molar-refractivity contribution is -0.120. The fraction of sp³-hybridized carbons (Fsp3) is 0.429. The highest BCUT2D eigenvalue weighted by Gasteiger charge is 2.14. The number of carbonyl (C=O) groups excluding carboxylic acids is 1. The number of hydrogen-bond donors (Lipinski definition) is 2. The molecular formula is C14H17N3OS. The molecule has 0 fully saturated rings. The van der Waals surface area contributed by atoms with Gasteiger partial charge in [-0.15, -0.1) is 11.3 Å². The van der Waals surface area contributed by atoms with E-state index in [0.29, 0.717) is 13.0 Å². The second kappa shape index (κ2) is 5.57. The van der Waals surface area contributed by atoms with Crippen LogP contribution in [0.15, 0.2) is 17.5 Å². The lowest BCUT2D eigenvalue weighted by Gasteiger charge is -2.07. The number of nitrogens with zero attached hydrogens (tertiary/aromatic N) is 1. The monoisotopic (exact) mass is 275 g/mol. The molecule has 1 amide bonds. The minimum Gasteiger partial charge on any atom is -0.349 e. The van der Waals surface area contributed by atoms with Gasteiger partial charge in [0.05, 0.1) is 18.7 Å². The van der Waals surface area contributed by atoms with Crippen molar-refractivity contribution in [2.24, 2.45) is 0 Å². The molecule has 0 aliphatic heterocycles. The molecule has 2 heterocycles. The third-order valence-electron chi connectivity index (χ3n) is 3.37. The normalized spacial score (nSPS) is 14.1. The Balaban J connectivity index is 1.54. The van der Waals surface area contributed by atoms with E-state index in [4.69, 9.17) is 0 Å². The molecule has 0 radical (unpaired) electrons. The van der Waals surface area contributed by atoms with Crippen LogP contribution in [0.4, 0.5) is 0 Å². The molecule has 2 aromatic heterocycles. The molecule has 0 aromatic carbocycles.